The molecule has 32 heavy (non-hydrogen) atoms. The third-order valence-electron chi connectivity index (χ3n) is 6.05. The Labute approximate surface area is 190 Å². The van der Waals surface area contributed by atoms with Crippen molar-refractivity contribution in [3.8, 4) is 5.82 Å². The summed E-state index contributed by atoms with van der Waals surface area (Å²) in [4.78, 5) is 11.4. The molecule has 166 valence electrons. The monoisotopic (exact) mass is 453 g/mol. The van der Waals surface area contributed by atoms with Gasteiger partial charge in [0.25, 0.3) is 0 Å². The molecule has 3 aromatic heterocycles. The zero-order valence-electron chi connectivity index (χ0n) is 18.5. The molecular weight excluding hydrogens is 428 g/mol. The largest absolute Gasteiger partial charge is 0.390 e. The van der Waals surface area contributed by atoms with E-state index in [4.69, 9.17) is 16.6 Å². The fourth-order valence-corrected chi connectivity index (χ4v) is 4.32. The summed E-state index contributed by atoms with van der Waals surface area (Å²) in [7, 11) is 3.90. The Hall–Kier alpha value is -3.01. The average molecular weight is 454 g/mol. The molecule has 2 N–H and O–H groups in total. The second-order valence-corrected chi connectivity index (χ2v) is 8.79. The van der Waals surface area contributed by atoms with E-state index in [0.29, 0.717) is 24.2 Å². The predicted molar refractivity (Wildman–Crippen MR) is 122 cm³/mol. The quantitative estimate of drug-likeness (QED) is 0.450. The molecule has 0 aliphatic carbocycles. The molecule has 0 radical (unpaired) electrons. The van der Waals surface area contributed by atoms with Crippen molar-refractivity contribution in [3.63, 3.8) is 0 Å². The highest BCUT2D eigenvalue weighted by Crippen LogP contribution is 2.26. The van der Waals surface area contributed by atoms with Crippen LogP contribution in [0.2, 0.25) is 5.15 Å². The van der Waals surface area contributed by atoms with Crippen molar-refractivity contribution in [1.29, 1.82) is 0 Å². The SMILES string of the molecule is Cc1cnc(Nc2ccc3c(c2)c(Cl)n(C)[n+]3C)nc1-n1cc(CN2CC(O)C2)c(C)n1. The minimum atomic E-state index is -0.212. The number of anilines is 2. The van der Waals surface area contributed by atoms with E-state index in [0.717, 1.165) is 45.8 Å². The van der Waals surface area contributed by atoms with E-state index in [1.807, 2.05) is 61.7 Å². The first-order chi connectivity index (χ1) is 15.3. The van der Waals surface area contributed by atoms with Crippen LogP contribution in [0.15, 0.2) is 30.6 Å². The van der Waals surface area contributed by atoms with Gasteiger partial charge in [0.15, 0.2) is 18.0 Å². The third-order valence-corrected chi connectivity index (χ3v) is 6.50. The minimum Gasteiger partial charge on any atom is -0.390 e. The number of likely N-dealkylation sites (tertiary alicyclic amines) is 1. The molecule has 4 heterocycles. The number of hydrogen-bond acceptors (Lipinski definition) is 6. The number of aromatic nitrogens is 6. The Bertz CT molecular complexity index is 1320. The fourth-order valence-electron chi connectivity index (χ4n) is 4.06. The molecule has 10 heteroatoms. The van der Waals surface area contributed by atoms with Crippen molar-refractivity contribution in [1.82, 2.24) is 29.3 Å². The molecule has 1 aliphatic rings. The van der Waals surface area contributed by atoms with Gasteiger partial charge in [-0.15, -0.1) is 9.36 Å². The highest BCUT2D eigenvalue weighted by Gasteiger charge is 2.25. The summed E-state index contributed by atoms with van der Waals surface area (Å²) in [5.74, 6) is 1.22. The van der Waals surface area contributed by atoms with Crippen molar-refractivity contribution in [3.05, 3.63) is 52.6 Å². The molecule has 0 unspecified atom stereocenters. The van der Waals surface area contributed by atoms with E-state index in [1.165, 1.54) is 0 Å². The predicted octanol–water partition coefficient (Wildman–Crippen LogP) is 2.17. The number of halogens is 1. The Morgan fingerprint density at radius 2 is 2.06 bits per heavy atom. The Morgan fingerprint density at radius 1 is 1.28 bits per heavy atom. The third kappa shape index (κ3) is 3.62. The van der Waals surface area contributed by atoms with Gasteiger partial charge >= 0.3 is 0 Å². The number of aliphatic hydroxyl groups excluding tert-OH is 1. The molecule has 0 bridgehead atoms. The lowest BCUT2D eigenvalue weighted by Gasteiger charge is -2.35. The molecule has 0 saturated carbocycles. The van der Waals surface area contributed by atoms with Gasteiger partial charge in [0.1, 0.15) is 0 Å². The number of benzene rings is 1. The summed E-state index contributed by atoms with van der Waals surface area (Å²) in [6, 6.07) is 6.01. The lowest BCUT2D eigenvalue weighted by molar-refractivity contribution is -0.727. The molecule has 9 nitrogen and oxygen atoms in total. The highest BCUT2D eigenvalue weighted by atomic mass is 35.5. The van der Waals surface area contributed by atoms with E-state index in [-0.39, 0.29) is 6.10 Å². The van der Waals surface area contributed by atoms with Crippen molar-refractivity contribution in [2.75, 3.05) is 18.4 Å². The van der Waals surface area contributed by atoms with Gasteiger partial charge < -0.3 is 10.4 Å². The van der Waals surface area contributed by atoms with Crippen LogP contribution in [0, 0.1) is 13.8 Å². The summed E-state index contributed by atoms with van der Waals surface area (Å²) in [5.41, 5.74) is 4.91. The Kier molecular flexibility index (Phi) is 5.11. The van der Waals surface area contributed by atoms with Gasteiger partial charge in [-0.3, -0.25) is 4.90 Å². The van der Waals surface area contributed by atoms with Crippen LogP contribution >= 0.6 is 11.6 Å². The minimum absolute atomic E-state index is 0.212. The zero-order chi connectivity index (χ0) is 22.6. The summed E-state index contributed by atoms with van der Waals surface area (Å²) in [5, 5.41) is 19.1. The Morgan fingerprint density at radius 3 is 2.81 bits per heavy atom. The molecule has 0 amide bonds. The number of rotatable bonds is 5. The second-order valence-electron chi connectivity index (χ2n) is 8.43. The maximum absolute atomic E-state index is 9.53. The maximum atomic E-state index is 9.53. The number of aliphatic hydroxyl groups is 1. The van der Waals surface area contributed by atoms with Crippen LogP contribution in [-0.2, 0) is 20.6 Å². The number of aryl methyl sites for hydroxylation is 3. The summed E-state index contributed by atoms with van der Waals surface area (Å²) in [6.07, 6.45) is 3.59. The number of nitrogens with zero attached hydrogens (tertiary/aromatic N) is 7. The van der Waals surface area contributed by atoms with E-state index >= 15 is 0 Å². The number of nitrogens with one attached hydrogen (secondary N) is 1. The standard InChI is InChI=1S/C22H26ClN8O/c1-13-8-24-22(25-16-5-6-19-18(7-16)20(23)29(4)28(19)3)26-21(13)31-10-15(14(2)27-31)9-30-11-17(32)12-30/h5-8,10,17,32H,9,11-12H2,1-4H3,(H,24,25,26)/q+1. The first-order valence-electron chi connectivity index (χ1n) is 10.5. The van der Waals surface area contributed by atoms with E-state index in [9.17, 15) is 5.11 Å². The first-order valence-corrected chi connectivity index (χ1v) is 10.9. The Balaban J connectivity index is 1.42. The number of β-amino-alcohol motifs (C(OH)–C–C–N with tert-alkyl or cyclic N) is 1. The van der Waals surface area contributed by atoms with Gasteiger partial charge in [-0.2, -0.15) is 10.1 Å². The second kappa shape index (κ2) is 7.84. The smallest absolute Gasteiger partial charge is 0.240 e. The van der Waals surface area contributed by atoms with Crippen LogP contribution in [0.3, 0.4) is 0 Å². The summed E-state index contributed by atoms with van der Waals surface area (Å²) < 4.78 is 5.70. The van der Waals surface area contributed by atoms with Crippen LogP contribution in [-0.4, -0.2) is 53.6 Å². The van der Waals surface area contributed by atoms with Crippen LogP contribution in [0.5, 0.6) is 0 Å². The molecule has 0 atom stereocenters. The van der Waals surface area contributed by atoms with E-state index in [2.05, 4.69) is 20.3 Å². The maximum Gasteiger partial charge on any atom is 0.240 e. The van der Waals surface area contributed by atoms with E-state index < -0.39 is 0 Å². The highest BCUT2D eigenvalue weighted by molar-refractivity contribution is 6.34. The molecule has 1 saturated heterocycles. The first kappa shape index (κ1) is 20.9. The molecular formula is C22H26ClN8O+. The van der Waals surface area contributed by atoms with Gasteiger partial charge in [0.2, 0.25) is 11.5 Å². The molecule has 0 spiro atoms. The van der Waals surface area contributed by atoms with Crippen LogP contribution in [0.25, 0.3) is 16.7 Å². The van der Waals surface area contributed by atoms with Crippen molar-refractivity contribution < 1.29 is 9.79 Å². The van der Waals surface area contributed by atoms with E-state index in [1.54, 1.807) is 10.9 Å². The number of fused-ring (bicyclic) bond motifs is 1. The molecule has 1 aliphatic heterocycles. The van der Waals surface area contributed by atoms with Gasteiger partial charge in [-0.1, -0.05) is 11.6 Å². The van der Waals surface area contributed by atoms with Gasteiger partial charge in [-0.25, -0.2) is 9.67 Å². The average Bonchev–Trinajstić information content (AvgIpc) is 3.21. The van der Waals surface area contributed by atoms with Crippen molar-refractivity contribution in [2.45, 2.75) is 26.5 Å². The van der Waals surface area contributed by atoms with Gasteiger partial charge in [0, 0.05) is 54.9 Å². The van der Waals surface area contributed by atoms with Crippen LogP contribution in [0.1, 0.15) is 16.8 Å². The normalized spacial score (nSPS) is 14.8. The fraction of sp³-hybridized carbons (Fsp3) is 0.364. The summed E-state index contributed by atoms with van der Waals surface area (Å²) in [6.45, 7) is 6.15. The molecule has 1 aromatic carbocycles. The topological polar surface area (TPSA) is 87.9 Å². The van der Waals surface area contributed by atoms with Crippen molar-refractivity contribution in [2.24, 2.45) is 14.1 Å². The lowest BCUT2D eigenvalue weighted by atomic mass is 10.1. The van der Waals surface area contributed by atoms with Gasteiger partial charge in [0.05, 0.1) is 24.2 Å². The molecule has 4 aromatic rings. The van der Waals surface area contributed by atoms with Crippen LogP contribution in [0.4, 0.5) is 11.6 Å². The zero-order valence-corrected chi connectivity index (χ0v) is 19.3. The lowest BCUT2D eigenvalue weighted by Crippen LogP contribution is -2.49. The summed E-state index contributed by atoms with van der Waals surface area (Å²) >= 11 is 6.48. The molecule has 5 rings (SSSR count). The van der Waals surface area contributed by atoms with Crippen molar-refractivity contribution >= 4 is 34.1 Å². The van der Waals surface area contributed by atoms with Crippen LogP contribution < -0.4 is 10.00 Å². The number of hydrogen-bond donors (Lipinski definition) is 2. The van der Waals surface area contributed by atoms with Gasteiger partial charge in [-0.05, 0) is 26.0 Å². The molecule has 1 fully saturated rings.